The third-order valence-electron chi connectivity index (χ3n) is 4.61. The fourth-order valence-electron chi connectivity index (χ4n) is 3.21. The van der Waals surface area contributed by atoms with Crippen LogP contribution in [0.4, 0.5) is 5.69 Å². The molecule has 0 saturated carbocycles. The first-order valence-electron chi connectivity index (χ1n) is 9.83. The first-order chi connectivity index (χ1) is 14.6. The van der Waals surface area contributed by atoms with Crippen LogP contribution in [-0.2, 0) is 0 Å². The highest BCUT2D eigenvalue weighted by molar-refractivity contribution is 9.10. The quantitative estimate of drug-likeness (QED) is 0.357. The minimum absolute atomic E-state index is 0.138. The largest absolute Gasteiger partial charge is 0.490 e. The second-order valence-corrected chi connectivity index (χ2v) is 7.55. The van der Waals surface area contributed by atoms with E-state index in [4.69, 9.17) is 15.9 Å². The minimum atomic E-state index is -0.266. The fourth-order valence-corrected chi connectivity index (χ4v) is 3.78. The molecule has 156 valence electrons. The molecule has 1 amide bonds. The van der Waals surface area contributed by atoms with E-state index >= 15 is 0 Å². The lowest BCUT2D eigenvalue weighted by Crippen LogP contribution is -2.19. The van der Waals surface area contributed by atoms with Gasteiger partial charge in [-0.25, -0.2) is 5.43 Å². The van der Waals surface area contributed by atoms with E-state index in [0.29, 0.717) is 28.1 Å². The predicted molar refractivity (Wildman–Crippen MR) is 123 cm³/mol. The van der Waals surface area contributed by atoms with Crippen molar-refractivity contribution in [2.75, 3.05) is 31.2 Å². The van der Waals surface area contributed by atoms with Crippen molar-refractivity contribution in [3.05, 3.63) is 52.0 Å². The summed E-state index contributed by atoms with van der Waals surface area (Å²) in [6, 6.07) is 11.2. The van der Waals surface area contributed by atoms with Gasteiger partial charge in [-0.05, 0) is 77.7 Å². The molecule has 0 aromatic heterocycles. The molecule has 1 aliphatic rings. The maximum Gasteiger partial charge on any atom is 0.271 e. The molecule has 3 rings (SSSR count). The number of halogens is 1. The summed E-state index contributed by atoms with van der Waals surface area (Å²) in [7, 11) is 0. The highest BCUT2D eigenvalue weighted by Gasteiger charge is 2.13. The smallest absolute Gasteiger partial charge is 0.271 e. The second kappa shape index (κ2) is 10.7. The number of amides is 1. The van der Waals surface area contributed by atoms with E-state index in [-0.39, 0.29) is 12.5 Å². The predicted octanol–water partition coefficient (Wildman–Crippen LogP) is 4.22. The number of nitrogens with one attached hydrogen (secondary N) is 1. The molecule has 6 nitrogen and oxygen atoms in total. The number of nitrogens with zero attached hydrogens (tertiary/aromatic N) is 2. The molecule has 0 unspecified atom stereocenters. The third kappa shape index (κ3) is 5.55. The van der Waals surface area contributed by atoms with Gasteiger partial charge >= 0.3 is 0 Å². The molecular formula is C23H24BrN3O3. The standard InChI is InChI=1S/C23H24BrN3O3/c1-3-13-30-22-20(24)14-17(15-21(22)29-4-2)16-25-26-23(28)18-7-9-19(10-8-18)27-11-5-6-12-27/h1,7-10,14-16H,4-6,11-13H2,2H3,(H,26,28)/b25-16-. The van der Waals surface area contributed by atoms with Crippen molar-refractivity contribution >= 4 is 33.7 Å². The zero-order valence-corrected chi connectivity index (χ0v) is 18.4. The number of hydrogen-bond donors (Lipinski definition) is 1. The van der Waals surface area contributed by atoms with Gasteiger partial charge in [0.25, 0.3) is 5.91 Å². The number of anilines is 1. The zero-order chi connectivity index (χ0) is 21.3. The van der Waals surface area contributed by atoms with Gasteiger partial charge < -0.3 is 14.4 Å². The van der Waals surface area contributed by atoms with Crippen molar-refractivity contribution in [1.29, 1.82) is 0 Å². The molecule has 2 aromatic rings. The Bertz CT molecular complexity index is 945. The Kier molecular flexibility index (Phi) is 7.75. The van der Waals surface area contributed by atoms with Crippen LogP contribution < -0.4 is 19.8 Å². The maximum absolute atomic E-state index is 12.4. The average molecular weight is 470 g/mol. The molecule has 0 aliphatic carbocycles. The van der Waals surface area contributed by atoms with Crippen LogP contribution in [0.5, 0.6) is 11.5 Å². The van der Waals surface area contributed by atoms with Crippen LogP contribution in [0.25, 0.3) is 0 Å². The van der Waals surface area contributed by atoms with Crippen LogP contribution >= 0.6 is 15.9 Å². The second-order valence-electron chi connectivity index (χ2n) is 6.70. The summed E-state index contributed by atoms with van der Waals surface area (Å²) in [5.41, 5.74) is 5.00. The number of carbonyl (C=O) groups excluding carboxylic acids is 1. The van der Waals surface area contributed by atoms with E-state index in [1.807, 2.05) is 37.3 Å². The fraction of sp³-hybridized carbons (Fsp3) is 0.304. The van der Waals surface area contributed by atoms with Crippen LogP contribution in [0.15, 0.2) is 46.0 Å². The van der Waals surface area contributed by atoms with E-state index in [9.17, 15) is 4.79 Å². The molecule has 0 spiro atoms. The van der Waals surface area contributed by atoms with Gasteiger partial charge in [0, 0.05) is 24.3 Å². The van der Waals surface area contributed by atoms with Gasteiger partial charge in [-0.2, -0.15) is 5.10 Å². The minimum Gasteiger partial charge on any atom is -0.490 e. The Balaban J connectivity index is 1.65. The number of carbonyl (C=O) groups is 1. The Labute approximate surface area is 185 Å². The maximum atomic E-state index is 12.4. The molecule has 0 radical (unpaired) electrons. The number of benzene rings is 2. The molecule has 2 aromatic carbocycles. The summed E-state index contributed by atoms with van der Waals surface area (Å²) in [5, 5.41) is 4.07. The van der Waals surface area contributed by atoms with E-state index < -0.39 is 0 Å². The summed E-state index contributed by atoms with van der Waals surface area (Å²) in [6.07, 6.45) is 9.25. The highest BCUT2D eigenvalue weighted by Crippen LogP contribution is 2.36. The molecule has 1 fully saturated rings. The monoisotopic (exact) mass is 469 g/mol. The average Bonchev–Trinajstić information content (AvgIpc) is 3.28. The molecule has 30 heavy (non-hydrogen) atoms. The number of hydrazone groups is 1. The van der Waals surface area contributed by atoms with Crippen molar-refractivity contribution in [3.8, 4) is 23.8 Å². The molecule has 1 heterocycles. The normalized spacial score (nSPS) is 13.3. The molecule has 1 N–H and O–H groups in total. The Morgan fingerprint density at radius 3 is 2.67 bits per heavy atom. The molecule has 1 saturated heterocycles. The number of rotatable bonds is 8. The van der Waals surface area contributed by atoms with Crippen molar-refractivity contribution in [3.63, 3.8) is 0 Å². The van der Waals surface area contributed by atoms with Gasteiger partial charge in [0.15, 0.2) is 11.5 Å². The van der Waals surface area contributed by atoms with Gasteiger partial charge in [0.2, 0.25) is 0 Å². The summed E-state index contributed by atoms with van der Waals surface area (Å²) in [6.45, 7) is 4.64. The summed E-state index contributed by atoms with van der Waals surface area (Å²) >= 11 is 3.46. The van der Waals surface area contributed by atoms with E-state index in [1.165, 1.54) is 12.8 Å². The number of ether oxygens (including phenoxy) is 2. The third-order valence-corrected chi connectivity index (χ3v) is 5.20. The summed E-state index contributed by atoms with van der Waals surface area (Å²) in [5.74, 6) is 3.25. The van der Waals surface area contributed by atoms with Crippen molar-refractivity contribution in [1.82, 2.24) is 5.43 Å². The summed E-state index contributed by atoms with van der Waals surface area (Å²) < 4.78 is 11.9. The molecule has 0 atom stereocenters. The highest BCUT2D eigenvalue weighted by atomic mass is 79.9. The van der Waals surface area contributed by atoms with Gasteiger partial charge in [0.1, 0.15) is 6.61 Å². The first-order valence-corrected chi connectivity index (χ1v) is 10.6. The zero-order valence-electron chi connectivity index (χ0n) is 16.9. The van der Waals surface area contributed by atoms with Crippen LogP contribution in [0.2, 0.25) is 0 Å². The Morgan fingerprint density at radius 2 is 2.00 bits per heavy atom. The van der Waals surface area contributed by atoms with Gasteiger partial charge in [-0.3, -0.25) is 4.79 Å². The Hall–Kier alpha value is -2.98. The lowest BCUT2D eigenvalue weighted by atomic mass is 10.2. The van der Waals surface area contributed by atoms with Gasteiger partial charge in [-0.15, -0.1) is 6.42 Å². The van der Waals surface area contributed by atoms with Crippen molar-refractivity contribution in [2.24, 2.45) is 5.10 Å². The summed E-state index contributed by atoms with van der Waals surface area (Å²) in [4.78, 5) is 14.7. The van der Waals surface area contributed by atoms with E-state index in [0.717, 1.165) is 24.3 Å². The van der Waals surface area contributed by atoms with E-state index in [1.54, 1.807) is 12.3 Å². The molecule has 1 aliphatic heterocycles. The number of terminal acetylenes is 1. The SMILES string of the molecule is C#CCOc1c(Br)cc(/C=N\NC(=O)c2ccc(N3CCCC3)cc2)cc1OCC. The van der Waals surface area contributed by atoms with Crippen molar-refractivity contribution < 1.29 is 14.3 Å². The van der Waals surface area contributed by atoms with Gasteiger partial charge in [0.05, 0.1) is 17.3 Å². The van der Waals surface area contributed by atoms with Crippen LogP contribution in [0.1, 0.15) is 35.7 Å². The first kappa shape index (κ1) is 21.7. The lowest BCUT2D eigenvalue weighted by Gasteiger charge is -2.17. The molecule has 0 bridgehead atoms. The van der Waals surface area contributed by atoms with E-state index in [2.05, 4.69) is 37.3 Å². The number of hydrogen-bond acceptors (Lipinski definition) is 5. The van der Waals surface area contributed by atoms with Crippen molar-refractivity contribution in [2.45, 2.75) is 19.8 Å². The molecule has 7 heteroatoms. The topological polar surface area (TPSA) is 63.2 Å². The Morgan fingerprint density at radius 1 is 1.27 bits per heavy atom. The van der Waals surface area contributed by atoms with Crippen LogP contribution in [-0.4, -0.2) is 38.4 Å². The van der Waals surface area contributed by atoms with Crippen LogP contribution in [0, 0.1) is 12.3 Å². The molecular weight excluding hydrogens is 446 g/mol. The lowest BCUT2D eigenvalue weighted by molar-refractivity contribution is 0.0955. The van der Waals surface area contributed by atoms with Crippen LogP contribution in [0.3, 0.4) is 0 Å². The van der Waals surface area contributed by atoms with Gasteiger partial charge in [-0.1, -0.05) is 5.92 Å².